The van der Waals surface area contributed by atoms with Crippen LogP contribution in [0.25, 0.3) is 10.9 Å². The smallest absolute Gasteiger partial charge is 0.186 e. The summed E-state index contributed by atoms with van der Waals surface area (Å²) in [5.41, 5.74) is 1.20. The summed E-state index contributed by atoms with van der Waals surface area (Å²) < 4.78 is 23.6. The SMILES string of the molecule is COC1(COc2ccc(OCc3ccc4ccccc4n3)cc2)C=CC=C(OCc2nnn[nH]2)C1. The van der Waals surface area contributed by atoms with Crippen LogP contribution in [-0.2, 0) is 22.7 Å². The number of benzene rings is 2. The van der Waals surface area contributed by atoms with Crippen LogP contribution in [0.5, 0.6) is 11.5 Å². The average molecular weight is 472 g/mol. The molecule has 0 spiro atoms. The van der Waals surface area contributed by atoms with Gasteiger partial charge in [0.2, 0.25) is 0 Å². The molecule has 2 aromatic carbocycles. The maximum Gasteiger partial charge on any atom is 0.186 e. The van der Waals surface area contributed by atoms with E-state index in [-0.39, 0.29) is 6.61 Å². The van der Waals surface area contributed by atoms with Gasteiger partial charge in [-0.05, 0) is 59.0 Å². The first-order chi connectivity index (χ1) is 17.2. The number of methoxy groups -OCH3 is 1. The lowest BCUT2D eigenvalue weighted by Crippen LogP contribution is -2.38. The van der Waals surface area contributed by atoms with Crippen molar-refractivity contribution in [2.75, 3.05) is 13.7 Å². The van der Waals surface area contributed by atoms with Crippen LogP contribution in [0.15, 0.2) is 84.7 Å². The Bertz CT molecular complexity index is 1320. The summed E-state index contributed by atoms with van der Waals surface area (Å²) in [6.07, 6.45) is 6.31. The van der Waals surface area contributed by atoms with Crippen LogP contribution in [0, 0.1) is 0 Å². The lowest BCUT2D eigenvalue weighted by molar-refractivity contribution is -0.0187. The Morgan fingerprint density at radius 3 is 2.54 bits per heavy atom. The summed E-state index contributed by atoms with van der Waals surface area (Å²) in [6, 6.07) is 19.6. The molecule has 1 aliphatic carbocycles. The molecule has 0 fully saturated rings. The summed E-state index contributed by atoms with van der Waals surface area (Å²) in [4.78, 5) is 4.64. The van der Waals surface area contributed by atoms with Gasteiger partial charge in [-0.15, -0.1) is 5.10 Å². The summed E-state index contributed by atoms with van der Waals surface area (Å²) in [6.45, 7) is 0.969. The standard InChI is InChI=1S/C26H25N5O4/c1-32-26(14-4-6-23(15-26)34-17-25-28-30-31-29-25)18-35-22-12-10-21(11-13-22)33-16-20-9-8-19-5-2-3-7-24(19)27-20/h2-14H,15-18H2,1H3,(H,28,29,30,31). The number of pyridine rings is 1. The molecule has 35 heavy (non-hydrogen) atoms. The maximum absolute atomic E-state index is 6.04. The van der Waals surface area contributed by atoms with Gasteiger partial charge in [0.05, 0.1) is 17.0 Å². The van der Waals surface area contributed by atoms with Crippen molar-refractivity contribution in [3.05, 3.63) is 96.2 Å². The molecule has 0 aliphatic heterocycles. The fourth-order valence-electron chi connectivity index (χ4n) is 3.73. The van der Waals surface area contributed by atoms with E-state index in [0.717, 1.165) is 33.9 Å². The van der Waals surface area contributed by atoms with Crippen LogP contribution < -0.4 is 9.47 Å². The molecule has 1 aliphatic rings. The highest BCUT2D eigenvalue weighted by Crippen LogP contribution is 2.29. The van der Waals surface area contributed by atoms with E-state index < -0.39 is 5.60 Å². The molecule has 5 rings (SSSR count). The van der Waals surface area contributed by atoms with Gasteiger partial charge in [-0.1, -0.05) is 30.3 Å². The summed E-state index contributed by atoms with van der Waals surface area (Å²) in [5, 5.41) is 14.7. The van der Waals surface area contributed by atoms with Crippen molar-refractivity contribution in [3.63, 3.8) is 0 Å². The number of rotatable bonds is 10. The van der Waals surface area contributed by atoms with Crippen LogP contribution >= 0.6 is 0 Å². The third-order valence-corrected chi connectivity index (χ3v) is 5.70. The van der Waals surface area contributed by atoms with Crippen molar-refractivity contribution >= 4 is 10.9 Å². The first-order valence-corrected chi connectivity index (χ1v) is 11.2. The molecule has 0 saturated carbocycles. The van der Waals surface area contributed by atoms with Gasteiger partial charge >= 0.3 is 0 Å². The van der Waals surface area contributed by atoms with E-state index in [0.29, 0.717) is 25.5 Å². The van der Waals surface area contributed by atoms with Gasteiger partial charge in [0, 0.05) is 18.9 Å². The number of ether oxygens (including phenoxy) is 4. The number of hydrogen-bond acceptors (Lipinski definition) is 8. The van der Waals surface area contributed by atoms with Crippen LogP contribution in [-0.4, -0.2) is 44.9 Å². The normalized spacial score (nSPS) is 17.2. The number of nitrogens with one attached hydrogen (secondary N) is 1. The van der Waals surface area contributed by atoms with Crippen molar-refractivity contribution in [3.8, 4) is 11.5 Å². The van der Waals surface area contributed by atoms with Crippen molar-refractivity contribution in [1.82, 2.24) is 25.6 Å². The lowest BCUT2D eigenvalue weighted by atomic mass is 9.94. The molecule has 4 aromatic rings. The zero-order chi connectivity index (χ0) is 23.9. The molecule has 1 N–H and O–H groups in total. The number of allylic oxidation sites excluding steroid dienone is 2. The molecule has 9 heteroatoms. The van der Waals surface area contributed by atoms with E-state index in [1.807, 2.05) is 72.8 Å². The van der Waals surface area contributed by atoms with Crippen molar-refractivity contribution in [1.29, 1.82) is 0 Å². The van der Waals surface area contributed by atoms with Crippen molar-refractivity contribution in [2.24, 2.45) is 0 Å². The van der Waals surface area contributed by atoms with Gasteiger partial charge in [0.15, 0.2) is 5.82 Å². The Morgan fingerprint density at radius 2 is 1.74 bits per heavy atom. The highest BCUT2D eigenvalue weighted by Gasteiger charge is 2.32. The Hall–Kier alpha value is -4.24. The molecule has 0 bridgehead atoms. The fourth-order valence-corrected chi connectivity index (χ4v) is 3.73. The van der Waals surface area contributed by atoms with E-state index in [1.165, 1.54) is 0 Å². The molecule has 178 valence electrons. The number of tetrazole rings is 1. The minimum absolute atomic E-state index is 0.253. The van der Waals surface area contributed by atoms with Crippen LogP contribution in [0.3, 0.4) is 0 Å². The van der Waals surface area contributed by atoms with E-state index in [2.05, 4.69) is 31.7 Å². The summed E-state index contributed by atoms with van der Waals surface area (Å²) in [7, 11) is 1.66. The molecule has 2 heterocycles. The molecule has 1 unspecified atom stereocenters. The Labute approximate surface area is 202 Å². The molecule has 0 saturated heterocycles. The van der Waals surface area contributed by atoms with Crippen LogP contribution in [0.4, 0.5) is 0 Å². The second-order valence-corrected chi connectivity index (χ2v) is 8.12. The van der Waals surface area contributed by atoms with Crippen LogP contribution in [0.2, 0.25) is 0 Å². The van der Waals surface area contributed by atoms with E-state index in [4.69, 9.17) is 18.9 Å². The molecule has 9 nitrogen and oxygen atoms in total. The maximum atomic E-state index is 6.04. The molecular formula is C26H25N5O4. The van der Waals surface area contributed by atoms with Crippen LogP contribution in [0.1, 0.15) is 17.9 Å². The van der Waals surface area contributed by atoms with Gasteiger partial charge in [-0.3, -0.25) is 0 Å². The number of H-pyrrole nitrogens is 1. The second kappa shape index (κ2) is 10.4. The molecule has 0 amide bonds. The monoisotopic (exact) mass is 471 g/mol. The molecule has 2 aromatic heterocycles. The highest BCUT2D eigenvalue weighted by molar-refractivity contribution is 5.78. The van der Waals surface area contributed by atoms with Crippen molar-refractivity contribution in [2.45, 2.75) is 25.2 Å². The number of fused-ring (bicyclic) bond motifs is 1. The number of para-hydroxylation sites is 1. The number of aromatic nitrogens is 5. The highest BCUT2D eigenvalue weighted by atomic mass is 16.5. The largest absolute Gasteiger partial charge is 0.490 e. The van der Waals surface area contributed by atoms with Crippen molar-refractivity contribution < 1.29 is 18.9 Å². The third-order valence-electron chi connectivity index (χ3n) is 5.70. The second-order valence-electron chi connectivity index (χ2n) is 8.12. The number of hydrogen-bond donors (Lipinski definition) is 1. The summed E-state index contributed by atoms with van der Waals surface area (Å²) >= 11 is 0. The first-order valence-electron chi connectivity index (χ1n) is 11.2. The lowest BCUT2D eigenvalue weighted by Gasteiger charge is -2.31. The van der Waals surface area contributed by atoms with E-state index in [1.54, 1.807) is 7.11 Å². The van der Waals surface area contributed by atoms with Gasteiger partial charge in [0.25, 0.3) is 0 Å². The third kappa shape index (κ3) is 5.64. The Balaban J connectivity index is 1.13. The predicted octanol–water partition coefficient (Wildman–Crippen LogP) is 4.15. The molecular weight excluding hydrogens is 446 g/mol. The van der Waals surface area contributed by atoms with Gasteiger partial charge in [-0.2, -0.15) is 0 Å². The topological polar surface area (TPSA) is 104 Å². The number of aromatic amines is 1. The van der Waals surface area contributed by atoms with Gasteiger partial charge in [0.1, 0.15) is 36.9 Å². The minimum atomic E-state index is -0.638. The molecule has 1 atom stereocenters. The zero-order valence-electron chi connectivity index (χ0n) is 19.3. The first kappa shape index (κ1) is 22.5. The average Bonchev–Trinajstić information content (AvgIpc) is 3.44. The fraction of sp³-hybridized carbons (Fsp3) is 0.231. The number of nitrogens with zero attached hydrogens (tertiary/aromatic N) is 4. The minimum Gasteiger partial charge on any atom is -0.490 e. The zero-order valence-corrected chi connectivity index (χ0v) is 19.3. The van der Waals surface area contributed by atoms with E-state index in [9.17, 15) is 0 Å². The molecule has 0 radical (unpaired) electrons. The Morgan fingerprint density at radius 1 is 0.914 bits per heavy atom. The predicted molar refractivity (Wildman–Crippen MR) is 129 cm³/mol. The van der Waals surface area contributed by atoms with E-state index >= 15 is 0 Å². The van der Waals surface area contributed by atoms with Gasteiger partial charge < -0.3 is 18.9 Å². The quantitative estimate of drug-likeness (QED) is 0.368. The Kier molecular flexibility index (Phi) is 6.67. The summed E-state index contributed by atoms with van der Waals surface area (Å²) in [5.74, 6) is 2.78. The van der Waals surface area contributed by atoms with Gasteiger partial charge in [-0.25, -0.2) is 10.1 Å².